The first-order valence-electron chi connectivity index (χ1n) is 3.96. The summed E-state index contributed by atoms with van der Waals surface area (Å²) in [4.78, 5) is 4.24. The second kappa shape index (κ2) is 3.67. The molecule has 0 aromatic carbocycles. The van der Waals surface area contributed by atoms with Gasteiger partial charge in [0.1, 0.15) is 6.20 Å². The van der Waals surface area contributed by atoms with Crippen molar-refractivity contribution in [2.45, 2.75) is 19.8 Å². The third kappa shape index (κ3) is 2.02. The minimum atomic E-state index is 0.897. The number of halogens is 1. The number of quaternary nitrogens is 1. The van der Waals surface area contributed by atoms with Crippen LogP contribution >= 0.6 is 22.6 Å². The predicted molar refractivity (Wildman–Crippen MR) is 56.6 cm³/mol. The van der Waals surface area contributed by atoms with E-state index in [-0.39, 0.29) is 0 Å². The van der Waals surface area contributed by atoms with Gasteiger partial charge in [0.05, 0.1) is 42.4 Å². The van der Waals surface area contributed by atoms with Gasteiger partial charge in [-0.2, -0.15) is 4.99 Å². The van der Waals surface area contributed by atoms with Crippen molar-refractivity contribution in [3.8, 4) is 0 Å². The summed E-state index contributed by atoms with van der Waals surface area (Å²) in [6, 6.07) is 0. The highest BCUT2D eigenvalue weighted by atomic mass is 127. The number of hydrogen-bond acceptors (Lipinski definition) is 1. The molecule has 0 amide bonds. The average Bonchev–Trinajstić information content (AvgIpc) is 2.30. The van der Waals surface area contributed by atoms with Crippen molar-refractivity contribution in [2.24, 2.45) is 4.99 Å². The molecule has 1 heterocycles. The maximum absolute atomic E-state index is 4.24. The zero-order valence-corrected chi connectivity index (χ0v) is 9.21. The molecule has 0 aliphatic carbocycles. The monoisotopic (exact) mass is 265 g/mol. The van der Waals surface area contributed by atoms with Gasteiger partial charge in [-0.1, -0.05) is 13.3 Å². The molecule has 1 rings (SSSR count). The Morgan fingerprint density at radius 2 is 2.36 bits per heavy atom. The van der Waals surface area contributed by atoms with Crippen LogP contribution in [0.5, 0.6) is 0 Å². The molecule has 1 unspecified atom stereocenters. The van der Waals surface area contributed by atoms with E-state index in [1.807, 2.05) is 6.20 Å². The zero-order chi connectivity index (χ0) is 8.32. The van der Waals surface area contributed by atoms with Gasteiger partial charge in [-0.25, -0.2) is 4.48 Å². The molecule has 0 saturated heterocycles. The van der Waals surface area contributed by atoms with Gasteiger partial charge >= 0.3 is 0 Å². The topological polar surface area (TPSA) is 12.4 Å². The molecule has 2 nitrogen and oxygen atoms in total. The Balaban J connectivity index is 2.53. The van der Waals surface area contributed by atoms with Gasteiger partial charge in [-0.15, -0.1) is 0 Å². The minimum absolute atomic E-state index is 0.897. The van der Waals surface area contributed by atoms with Crippen molar-refractivity contribution in [3.05, 3.63) is 12.4 Å². The van der Waals surface area contributed by atoms with Gasteiger partial charge in [-0.3, -0.25) is 0 Å². The molecular weight excluding hydrogens is 251 g/mol. The molecule has 0 fully saturated rings. The summed E-state index contributed by atoms with van der Waals surface area (Å²) in [6.45, 7) is 3.39. The van der Waals surface area contributed by atoms with Gasteiger partial charge in [0.25, 0.3) is 3.84 Å². The van der Waals surface area contributed by atoms with Crippen molar-refractivity contribution in [2.75, 3.05) is 13.6 Å². The molecule has 1 aliphatic rings. The van der Waals surface area contributed by atoms with Crippen LogP contribution in [0.4, 0.5) is 0 Å². The summed E-state index contributed by atoms with van der Waals surface area (Å²) in [7, 11) is 2.20. The Kier molecular flexibility index (Phi) is 3.06. The van der Waals surface area contributed by atoms with E-state index in [0.717, 1.165) is 4.48 Å². The van der Waals surface area contributed by atoms with Gasteiger partial charge in [0.2, 0.25) is 0 Å². The Labute approximate surface area is 81.7 Å². The molecule has 0 bridgehead atoms. The van der Waals surface area contributed by atoms with Crippen LogP contribution in [-0.4, -0.2) is 21.9 Å². The number of unbranched alkanes of at least 4 members (excludes halogenated alkanes) is 1. The lowest BCUT2D eigenvalue weighted by Crippen LogP contribution is -2.39. The number of hydrogen-bond donors (Lipinski definition) is 0. The number of nitrogens with zero attached hydrogens (tertiary/aromatic N) is 2. The number of rotatable bonds is 3. The van der Waals surface area contributed by atoms with Gasteiger partial charge in [0.15, 0.2) is 0 Å². The molecular formula is C8H14IN2+. The summed E-state index contributed by atoms with van der Waals surface area (Å²) in [5.41, 5.74) is 0. The first-order chi connectivity index (χ1) is 5.19. The third-order valence-corrected chi connectivity index (χ3v) is 3.36. The molecule has 0 spiro atoms. The van der Waals surface area contributed by atoms with Crippen molar-refractivity contribution >= 4 is 26.4 Å². The fourth-order valence-corrected chi connectivity index (χ4v) is 1.65. The highest BCUT2D eigenvalue weighted by Crippen LogP contribution is 2.18. The fraction of sp³-hybridized carbons (Fsp3) is 0.625. The number of amidine groups is 1. The van der Waals surface area contributed by atoms with Gasteiger partial charge in [-0.05, 0) is 6.42 Å². The van der Waals surface area contributed by atoms with E-state index in [0.29, 0.717) is 0 Å². The predicted octanol–water partition coefficient (Wildman–Crippen LogP) is 2.51. The quantitative estimate of drug-likeness (QED) is 0.422. The highest BCUT2D eigenvalue weighted by Gasteiger charge is 2.27. The molecule has 0 aromatic rings. The molecule has 62 valence electrons. The molecule has 0 N–H and O–H groups in total. The Hall–Kier alpha value is 0.100. The maximum Gasteiger partial charge on any atom is 0.268 e. The van der Waals surface area contributed by atoms with E-state index >= 15 is 0 Å². The summed E-state index contributed by atoms with van der Waals surface area (Å²) in [6.07, 6.45) is 6.57. The Morgan fingerprint density at radius 1 is 1.64 bits per heavy atom. The summed E-state index contributed by atoms with van der Waals surface area (Å²) in [5.74, 6) is 0. The molecule has 1 atom stereocenters. The van der Waals surface area contributed by atoms with Crippen LogP contribution in [0.1, 0.15) is 19.8 Å². The first-order valence-corrected chi connectivity index (χ1v) is 5.04. The van der Waals surface area contributed by atoms with Crippen LogP contribution < -0.4 is 0 Å². The largest absolute Gasteiger partial charge is 0.268 e. The summed E-state index contributed by atoms with van der Waals surface area (Å²) >= 11 is 2.31. The van der Waals surface area contributed by atoms with Crippen LogP contribution in [-0.2, 0) is 0 Å². The fourth-order valence-electron chi connectivity index (χ4n) is 1.09. The van der Waals surface area contributed by atoms with E-state index in [1.54, 1.807) is 0 Å². The smallest absolute Gasteiger partial charge is 0.244 e. The Bertz CT molecular complexity index is 198. The Morgan fingerprint density at radius 3 is 2.82 bits per heavy atom. The van der Waals surface area contributed by atoms with E-state index in [2.05, 4.69) is 47.8 Å². The van der Waals surface area contributed by atoms with Crippen LogP contribution in [0.25, 0.3) is 0 Å². The minimum Gasteiger partial charge on any atom is -0.244 e. The maximum atomic E-state index is 4.24. The SMILES string of the molecule is CCCC[N+]1(C)C=CN=C1I. The van der Waals surface area contributed by atoms with Crippen molar-refractivity contribution in [3.63, 3.8) is 0 Å². The number of aliphatic imine (C=N–C) groups is 1. The lowest BCUT2D eigenvalue weighted by Gasteiger charge is -2.24. The van der Waals surface area contributed by atoms with E-state index < -0.39 is 0 Å². The second-order valence-corrected chi connectivity index (χ2v) is 4.01. The summed E-state index contributed by atoms with van der Waals surface area (Å²) < 4.78 is 2.07. The molecule has 3 heteroatoms. The molecule has 0 saturated carbocycles. The van der Waals surface area contributed by atoms with Gasteiger partial charge < -0.3 is 0 Å². The normalized spacial score (nSPS) is 29.2. The average molecular weight is 265 g/mol. The van der Waals surface area contributed by atoms with E-state index in [1.165, 1.54) is 23.2 Å². The van der Waals surface area contributed by atoms with E-state index in [9.17, 15) is 0 Å². The van der Waals surface area contributed by atoms with Crippen LogP contribution in [0, 0.1) is 0 Å². The molecule has 0 radical (unpaired) electrons. The van der Waals surface area contributed by atoms with Crippen LogP contribution in [0.3, 0.4) is 0 Å². The third-order valence-electron chi connectivity index (χ3n) is 1.97. The first kappa shape index (κ1) is 9.19. The van der Waals surface area contributed by atoms with Crippen LogP contribution in [0.2, 0.25) is 0 Å². The second-order valence-electron chi connectivity index (χ2n) is 3.04. The molecule has 1 aliphatic heterocycles. The lowest BCUT2D eigenvalue weighted by atomic mass is 10.3. The molecule has 11 heavy (non-hydrogen) atoms. The van der Waals surface area contributed by atoms with Crippen molar-refractivity contribution in [1.29, 1.82) is 0 Å². The summed E-state index contributed by atoms with van der Waals surface area (Å²) in [5, 5.41) is 0. The molecule has 0 aromatic heterocycles. The van der Waals surface area contributed by atoms with Crippen LogP contribution in [0.15, 0.2) is 17.4 Å². The standard InChI is InChI=1S/C8H14IN2/c1-3-4-6-11(2)7-5-10-8(11)9/h5,7H,3-4,6H2,1-2H3/q+1. The highest BCUT2D eigenvalue weighted by molar-refractivity contribution is 14.1. The van der Waals surface area contributed by atoms with E-state index in [4.69, 9.17) is 0 Å². The van der Waals surface area contributed by atoms with Crippen molar-refractivity contribution < 1.29 is 4.48 Å². The lowest BCUT2D eigenvalue weighted by molar-refractivity contribution is -0.758. The zero-order valence-electron chi connectivity index (χ0n) is 7.05. The van der Waals surface area contributed by atoms with Crippen molar-refractivity contribution in [1.82, 2.24) is 0 Å². The van der Waals surface area contributed by atoms with Gasteiger partial charge in [0, 0.05) is 0 Å².